The molecule has 18 heavy (non-hydrogen) atoms. The van der Waals surface area contributed by atoms with Gasteiger partial charge < -0.3 is 10.2 Å². The van der Waals surface area contributed by atoms with Gasteiger partial charge >= 0.3 is 0 Å². The molecular formula is C12H19NO4S. The fourth-order valence-electron chi connectivity index (χ4n) is 1.64. The highest BCUT2D eigenvalue weighted by atomic mass is 32.2. The standard InChI is InChI=1S/C12H19NO4S/c1-12(2,10-15)13(8-9-14)18(16,17)11-6-4-3-5-7-11/h3-7,14-15H,8-10H2,1-2H3. The van der Waals surface area contributed by atoms with Crippen LogP contribution in [0.1, 0.15) is 13.8 Å². The summed E-state index contributed by atoms with van der Waals surface area (Å²) in [7, 11) is -3.72. The highest BCUT2D eigenvalue weighted by Gasteiger charge is 2.36. The fraction of sp³-hybridized carbons (Fsp3) is 0.500. The third-order valence-electron chi connectivity index (χ3n) is 2.70. The van der Waals surface area contributed by atoms with Crippen LogP contribution in [0.4, 0.5) is 0 Å². The second kappa shape index (κ2) is 5.79. The summed E-state index contributed by atoms with van der Waals surface area (Å²) in [4.78, 5) is 0.153. The lowest BCUT2D eigenvalue weighted by atomic mass is 10.1. The average molecular weight is 273 g/mol. The Bertz CT molecular complexity index is 470. The highest BCUT2D eigenvalue weighted by molar-refractivity contribution is 7.89. The van der Waals surface area contributed by atoms with Gasteiger partial charge in [0.1, 0.15) is 0 Å². The van der Waals surface area contributed by atoms with Crippen LogP contribution in [-0.2, 0) is 10.0 Å². The quantitative estimate of drug-likeness (QED) is 0.788. The van der Waals surface area contributed by atoms with E-state index in [1.54, 1.807) is 32.0 Å². The number of hydrogen-bond donors (Lipinski definition) is 2. The van der Waals surface area contributed by atoms with E-state index >= 15 is 0 Å². The van der Waals surface area contributed by atoms with Crippen molar-refractivity contribution in [1.82, 2.24) is 4.31 Å². The molecule has 0 aromatic heterocycles. The molecule has 0 amide bonds. The molecule has 0 fully saturated rings. The van der Waals surface area contributed by atoms with Gasteiger partial charge in [0.2, 0.25) is 10.0 Å². The smallest absolute Gasteiger partial charge is 0.243 e. The van der Waals surface area contributed by atoms with Crippen molar-refractivity contribution in [3.05, 3.63) is 30.3 Å². The molecule has 1 rings (SSSR count). The zero-order valence-corrected chi connectivity index (χ0v) is 11.4. The summed E-state index contributed by atoms with van der Waals surface area (Å²) in [6, 6.07) is 7.98. The van der Waals surface area contributed by atoms with E-state index in [1.807, 2.05) is 0 Å². The van der Waals surface area contributed by atoms with Crippen LogP contribution in [0.2, 0.25) is 0 Å². The molecule has 6 heteroatoms. The molecule has 1 aromatic carbocycles. The molecular weight excluding hydrogens is 254 g/mol. The van der Waals surface area contributed by atoms with Crippen LogP contribution >= 0.6 is 0 Å². The number of hydrogen-bond acceptors (Lipinski definition) is 4. The average Bonchev–Trinajstić information content (AvgIpc) is 2.36. The van der Waals surface area contributed by atoms with Gasteiger partial charge in [-0.25, -0.2) is 8.42 Å². The molecule has 0 atom stereocenters. The van der Waals surface area contributed by atoms with Gasteiger partial charge in [0, 0.05) is 6.54 Å². The van der Waals surface area contributed by atoms with E-state index in [-0.39, 0.29) is 24.7 Å². The first-order chi connectivity index (χ1) is 8.36. The Morgan fingerprint density at radius 1 is 1.17 bits per heavy atom. The van der Waals surface area contributed by atoms with Crippen molar-refractivity contribution in [2.75, 3.05) is 19.8 Å². The van der Waals surface area contributed by atoms with Crippen LogP contribution in [0, 0.1) is 0 Å². The maximum Gasteiger partial charge on any atom is 0.243 e. The van der Waals surface area contributed by atoms with Crippen LogP contribution in [0.15, 0.2) is 35.2 Å². The maximum absolute atomic E-state index is 12.4. The van der Waals surface area contributed by atoms with Crippen molar-refractivity contribution >= 4 is 10.0 Å². The van der Waals surface area contributed by atoms with E-state index in [2.05, 4.69) is 0 Å². The van der Waals surface area contributed by atoms with Crippen LogP contribution in [0.3, 0.4) is 0 Å². The first-order valence-corrected chi connectivity index (χ1v) is 7.10. The van der Waals surface area contributed by atoms with Gasteiger partial charge in [0.15, 0.2) is 0 Å². The van der Waals surface area contributed by atoms with E-state index in [0.29, 0.717) is 0 Å². The minimum atomic E-state index is -3.72. The van der Waals surface area contributed by atoms with Crippen molar-refractivity contribution in [1.29, 1.82) is 0 Å². The summed E-state index contributed by atoms with van der Waals surface area (Å²) < 4.78 is 26.0. The van der Waals surface area contributed by atoms with Crippen molar-refractivity contribution in [2.24, 2.45) is 0 Å². The number of nitrogens with zero attached hydrogens (tertiary/aromatic N) is 1. The minimum Gasteiger partial charge on any atom is -0.395 e. The van der Waals surface area contributed by atoms with Crippen LogP contribution in [0.5, 0.6) is 0 Å². The number of benzene rings is 1. The topological polar surface area (TPSA) is 77.8 Å². The summed E-state index contributed by atoms with van der Waals surface area (Å²) in [5.41, 5.74) is -0.961. The number of β-amino-alcohol motifs (C(OH)–C–C–N with tert-alkyl or cyclic N) is 1. The summed E-state index contributed by atoms with van der Waals surface area (Å²) in [5, 5.41) is 18.3. The van der Waals surface area contributed by atoms with E-state index in [1.165, 1.54) is 12.1 Å². The molecule has 0 aliphatic carbocycles. The monoisotopic (exact) mass is 273 g/mol. The molecule has 5 nitrogen and oxygen atoms in total. The molecule has 0 unspecified atom stereocenters. The highest BCUT2D eigenvalue weighted by Crippen LogP contribution is 2.23. The molecule has 0 saturated heterocycles. The lowest BCUT2D eigenvalue weighted by Crippen LogP contribution is -2.51. The van der Waals surface area contributed by atoms with Crippen molar-refractivity contribution in [2.45, 2.75) is 24.3 Å². The largest absolute Gasteiger partial charge is 0.395 e. The van der Waals surface area contributed by atoms with Crippen LogP contribution in [0.25, 0.3) is 0 Å². The van der Waals surface area contributed by atoms with E-state index < -0.39 is 15.6 Å². The summed E-state index contributed by atoms with van der Waals surface area (Å²) in [5.74, 6) is 0. The van der Waals surface area contributed by atoms with Crippen LogP contribution < -0.4 is 0 Å². The van der Waals surface area contributed by atoms with E-state index in [4.69, 9.17) is 5.11 Å². The Morgan fingerprint density at radius 3 is 2.17 bits per heavy atom. The number of aliphatic hydroxyl groups is 2. The Labute approximate surface area is 108 Å². The third-order valence-corrected chi connectivity index (χ3v) is 4.82. The molecule has 0 heterocycles. The van der Waals surface area contributed by atoms with Gasteiger partial charge in [-0.15, -0.1) is 0 Å². The number of aliphatic hydroxyl groups excluding tert-OH is 2. The van der Waals surface area contributed by atoms with Gasteiger partial charge in [-0.2, -0.15) is 4.31 Å². The molecule has 102 valence electrons. The molecule has 0 radical (unpaired) electrons. The molecule has 0 bridgehead atoms. The zero-order chi connectivity index (χ0) is 13.8. The van der Waals surface area contributed by atoms with Crippen molar-refractivity contribution in [3.63, 3.8) is 0 Å². The Kier molecular flexibility index (Phi) is 4.86. The van der Waals surface area contributed by atoms with Crippen molar-refractivity contribution in [3.8, 4) is 0 Å². The first kappa shape index (κ1) is 15.1. The summed E-state index contributed by atoms with van der Waals surface area (Å²) in [6.45, 7) is 2.56. The molecule has 0 aliphatic rings. The normalized spacial score (nSPS) is 12.9. The van der Waals surface area contributed by atoms with E-state index in [9.17, 15) is 13.5 Å². The van der Waals surface area contributed by atoms with Gasteiger partial charge in [-0.05, 0) is 26.0 Å². The predicted molar refractivity (Wildman–Crippen MR) is 68.6 cm³/mol. The van der Waals surface area contributed by atoms with Gasteiger partial charge in [-0.3, -0.25) is 0 Å². The fourth-order valence-corrected chi connectivity index (χ4v) is 3.42. The summed E-state index contributed by atoms with van der Waals surface area (Å²) in [6.07, 6.45) is 0. The molecule has 0 aliphatic heterocycles. The van der Waals surface area contributed by atoms with Gasteiger partial charge in [0.05, 0.1) is 23.6 Å². The molecule has 1 aromatic rings. The molecule has 0 saturated carbocycles. The summed E-state index contributed by atoms with van der Waals surface area (Å²) >= 11 is 0. The SMILES string of the molecule is CC(C)(CO)N(CCO)S(=O)(=O)c1ccccc1. The Balaban J connectivity index is 3.22. The van der Waals surface area contributed by atoms with E-state index in [0.717, 1.165) is 4.31 Å². The third kappa shape index (κ3) is 3.08. The Morgan fingerprint density at radius 2 is 1.72 bits per heavy atom. The minimum absolute atomic E-state index is 0.0508. The van der Waals surface area contributed by atoms with Crippen LogP contribution in [-0.4, -0.2) is 48.2 Å². The predicted octanol–water partition coefficient (Wildman–Crippen LogP) is 0.440. The molecule has 0 spiro atoms. The van der Waals surface area contributed by atoms with Crippen molar-refractivity contribution < 1.29 is 18.6 Å². The number of rotatable bonds is 6. The lowest BCUT2D eigenvalue weighted by molar-refractivity contribution is 0.106. The lowest BCUT2D eigenvalue weighted by Gasteiger charge is -2.35. The molecule has 2 N–H and O–H groups in total. The zero-order valence-electron chi connectivity index (χ0n) is 10.6. The first-order valence-electron chi connectivity index (χ1n) is 5.66. The van der Waals surface area contributed by atoms with Gasteiger partial charge in [-0.1, -0.05) is 18.2 Å². The second-order valence-corrected chi connectivity index (χ2v) is 6.45. The second-order valence-electron chi connectivity index (χ2n) is 4.58. The maximum atomic E-state index is 12.4. The van der Waals surface area contributed by atoms with Gasteiger partial charge in [0.25, 0.3) is 0 Å². The Hall–Kier alpha value is -0.950. The number of sulfonamides is 1.